The second-order valence-electron chi connectivity index (χ2n) is 6.61. The Labute approximate surface area is 156 Å². The maximum absolute atomic E-state index is 14.2. The van der Waals surface area contributed by atoms with Gasteiger partial charge in [-0.15, -0.1) is 0 Å². The quantitative estimate of drug-likeness (QED) is 0.763. The van der Waals surface area contributed by atoms with Crippen LogP contribution in [-0.2, 0) is 0 Å². The van der Waals surface area contributed by atoms with Crippen LogP contribution in [0.15, 0.2) is 30.5 Å². The van der Waals surface area contributed by atoms with Gasteiger partial charge in [0, 0.05) is 29.9 Å². The van der Waals surface area contributed by atoms with E-state index in [0.29, 0.717) is 5.56 Å². The van der Waals surface area contributed by atoms with Gasteiger partial charge in [-0.25, -0.2) is 18.6 Å². The number of nitrogens with zero attached hydrogens (tertiary/aromatic N) is 1. The van der Waals surface area contributed by atoms with E-state index in [1.54, 1.807) is 6.07 Å². The summed E-state index contributed by atoms with van der Waals surface area (Å²) in [6.45, 7) is 0. The van der Waals surface area contributed by atoms with Crippen molar-refractivity contribution in [1.29, 1.82) is 0 Å². The molecule has 0 unspecified atom stereocenters. The maximum atomic E-state index is 14.2. The van der Waals surface area contributed by atoms with E-state index in [0.717, 1.165) is 31.7 Å². The Morgan fingerprint density at radius 1 is 1.19 bits per heavy atom. The summed E-state index contributed by atoms with van der Waals surface area (Å²) < 4.78 is 32.7. The normalized spacial score (nSPS) is 19.4. The molecule has 0 saturated heterocycles. The molecule has 0 atom stereocenters. The smallest absolute Gasteiger partial charge is 0.320 e. The predicted octanol–water partition coefficient (Wildman–Crippen LogP) is 3.43. The number of pyridine rings is 1. The van der Waals surface area contributed by atoms with Crippen LogP contribution in [0.1, 0.15) is 25.7 Å². The number of hydrogen-bond acceptors (Lipinski definition) is 4. The summed E-state index contributed by atoms with van der Waals surface area (Å²) in [7, 11) is 1.31. The van der Waals surface area contributed by atoms with Crippen LogP contribution < -0.4 is 21.1 Å². The molecule has 1 heterocycles. The van der Waals surface area contributed by atoms with Crippen LogP contribution in [0.25, 0.3) is 11.1 Å². The molecule has 0 radical (unpaired) electrons. The number of ether oxygens (including phenoxy) is 1. The minimum atomic E-state index is -0.780. The van der Waals surface area contributed by atoms with Crippen molar-refractivity contribution in [3.05, 3.63) is 42.1 Å². The fourth-order valence-electron chi connectivity index (χ4n) is 3.17. The number of aromatic nitrogens is 1. The lowest BCUT2D eigenvalue weighted by Crippen LogP contribution is -2.42. The molecule has 2 aromatic rings. The molecule has 0 aliphatic heterocycles. The van der Waals surface area contributed by atoms with Gasteiger partial charge in [-0.05, 0) is 49.4 Å². The first-order valence-electron chi connectivity index (χ1n) is 8.79. The molecular formula is C19H22F2N4O2. The van der Waals surface area contributed by atoms with E-state index >= 15 is 0 Å². The molecule has 1 aromatic carbocycles. The van der Waals surface area contributed by atoms with Gasteiger partial charge in [0.25, 0.3) is 0 Å². The molecule has 27 heavy (non-hydrogen) atoms. The van der Waals surface area contributed by atoms with Crippen LogP contribution in [0.2, 0.25) is 0 Å². The van der Waals surface area contributed by atoms with Crippen molar-refractivity contribution in [1.82, 2.24) is 10.3 Å². The second-order valence-corrected chi connectivity index (χ2v) is 6.61. The van der Waals surface area contributed by atoms with Crippen molar-refractivity contribution in [3.8, 4) is 16.9 Å². The Hall–Kier alpha value is -2.74. The molecule has 6 nitrogen and oxygen atoms in total. The highest BCUT2D eigenvalue weighted by atomic mass is 19.1. The molecule has 0 spiro atoms. The second kappa shape index (κ2) is 8.30. The molecule has 3 rings (SSSR count). The largest absolute Gasteiger partial charge is 0.494 e. The van der Waals surface area contributed by atoms with Crippen molar-refractivity contribution in [3.63, 3.8) is 0 Å². The van der Waals surface area contributed by atoms with E-state index in [4.69, 9.17) is 10.5 Å². The van der Waals surface area contributed by atoms with Gasteiger partial charge < -0.3 is 15.8 Å². The molecule has 1 fully saturated rings. The van der Waals surface area contributed by atoms with Gasteiger partial charge in [-0.2, -0.15) is 0 Å². The summed E-state index contributed by atoms with van der Waals surface area (Å²) in [5, 5.41) is 5.54. The summed E-state index contributed by atoms with van der Waals surface area (Å²) in [5.41, 5.74) is 6.46. The highest BCUT2D eigenvalue weighted by Crippen LogP contribution is 2.30. The lowest BCUT2D eigenvalue weighted by atomic mass is 9.92. The number of urea groups is 1. The van der Waals surface area contributed by atoms with Gasteiger partial charge >= 0.3 is 6.03 Å². The zero-order chi connectivity index (χ0) is 19.4. The first-order valence-corrected chi connectivity index (χ1v) is 8.79. The number of nitrogens with one attached hydrogen (secondary N) is 2. The van der Waals surface area contributed by atoms with Crippen LogP contribution in [0.4, 0.5) is 19.4 Å². The third-order valence-corrected chi connectivity index (χ3v) is 4.66. The summed E-state index contributed by atoms with van der Waals surface area (Å²) in [5.74, 6) is -1.31. The first kappa shape index (κ1) is 19.0. The highest BCUT2D eigenvalue weighted by molar-refractivity contribution is 5.89. The number of hydrogen-bond donors (Lipinski definition) is 3. The number of halogens is 2. The molecule has 1 aliphatic carbocycles. The van der Waals surface area contributed by atoms with E-state index in [9.17, 15) is 13.6 Å². The van der Waals surface area contributed by atoms with Crippen LogP contribution in [-0.4, -0.2) is 30.2 Å². The van der Waals surface area contributed by atoms with E-state index < -0.39 is 11.6 Å². The zero-order valence-corrected chi connectivity index (χ0v) is 15.0. The number of methoxy groups -OCH3 is 1. The number of benzene rings is 1. The van der Waals surface area contributed by atoms with Gasteiger partial charge in [-0.1, -0.05) is 0 Å². The van der Waals surface area contributed by atoms with E-state index in [2.05, 4.69) is 15.6 Å². The van der Waals surface area contributed by atoms with Gasteiger partial charge in [0.2, 0.25) is 0 Å². The maximum Gasteiger partial charge on any atom is 0.320 e. The lowest BCUT2D eigenvalue weighted by molar-refractivity contribution is 0.242. The number of carbonyl (C=O) groups is 1. The van der Waals surface area contributed by atoms with Crippen LogP contribution in [0, 0.1) is 11.6 Å². The number of anilines is 1. The highest BCUT2D eigenvalue weighted by Gasteiger charge is 2.20. The summed E-state index contributed by atoms with van der Waals surface area (Å²) in [6, 6.07) is 5.03. The van der Waals surface area contributed by atoms with E-state index in [1.807, 2.05) is 0 Å². The molecule has 0 bridgehead atoms. The fraction of sp³-hybridized carbons (Fsp3) is 0.368. The van der Waals surface area contributed by atoms with Crippen molar-refractivity contribution >= 4 is 11.8 Å². The van der Waals surface area contributed by atoms with Crippen LogP contribution >= 0.6 is 0 Å². The SMILES string of the molecule is COc1cc(-c2ccnc(NC(=O)NC3CCC(N)CC3)c2)c(F)cc1F. The van der Waals surface area contributed by atoms with Crippen molar-refractivity contribution in [2.24, 2.45) is 5.73 Å². The van der Waals surface area contributed by atoms with E-state index in [1.165, 1.54) is 25.4 Å². The molecule has 1 saturated carbocycles. The standard InChI is InChI=1S/C19H22F2N4O2/c1-27-17-9-14(15(20)10-16(17)21)11-6-7-23-18(8-11)25-19(26)24-13-4-2-12(22)3-5-13/h6-10,12-13H,2-5,22H2,1H3,(H2,23,24,25,26). The molecule has 1 aliphatic rings. The van der Waals surface area contributed by atoms with Gasteiger partial charge in [-0.3, -0.25) is 5.32 Å². The Bertz CT molecular complexity index is 823. The van der Waals surface area contributed by atoms with Gasteiger partial charge in [0.15, 0.2) is 11.6 Å². The minimum Gasteiger partial charge on any atom is -0.494 e. The summed E-state index contributed by atoms with van der Waals surface area (Å²) in [6.07, 6.45) is 4.87. The number of nitrogens with two attached hydrogens (primary N) is 1. The Morgan fingerprint density at radius 2 is 1.93 bits per heavy atom. The van der Waals surface area contributed by atoms with Crippen molar-refractivity contribution < 1.29 is 18.3 Å². The Morgan fingerprint density at radius 3 is 2.63 bits per heavy atom. The molecular weight excluding hydrogens is 354 g/mol. The number of rotatable bonds is 4. The van der Waals surface area contributed by atoms with E-state index in [-0.39, 0.29) is 35.2 Å². The van der Waals surface area contributed by atoms with Crippen molar-refractivity contribution in [2.75, 3.05) is 12.4 Å². The average Bonchev–Trinajstić information content (AvgIpc) is 2.64. The van der Waals surface area contributed by atoms with Gasteiger partial charge in [0.05, 0.1) is 7.11 Å². The molecule has 8 heteroatoms. The molecule has 1 aromatic heterocycles. The topological polar surface area (TPSA) is 89.3 Å². The van der Waals surface area contributed by atoms with Crippen LogP contribution in [0.5, 0.6) is 5.75 Å². The minimum absolute atomic E-state index is 0.0639. The predicted molar refractivity (Wildman–Crippen MR) is 98.5 cm³/mol. The number of amides is 2. The monoisotopic (exact) mass is 376 g/mol. The van der Waals surface area contributed by atoms with Crippen molar-refractivity contribution in [2.45, 2.75) is 37.8 Å². The van der Waals surface area contributed by atoms with Crippen LogP contribution in [0.3, 0.4) is 0 Å². The molecule has 2 amide bonds. The summed E-state index contributed by atoms with van der Waals surface area (Å²) >= 11 is 0. The third kappa shape index (κ3) is 4.71. The Kier molecular flexibility index (Phi) is 5.85. The van der Waals surface area contributed by atoms with Gasteiger partial charge in [0.1, 0.15) is 11.6 Å². The lowest BCUT2D eigenvalue weighted by Gasteiger charge is -2.26. The average molecular weight is 376 g/mol. The molecule has 4 N–H and O–H groups in total. The first-order chi connectivity index (χ1) is 13.0. The number of carbonyl (C=O) groups excluding carboxylic acids is 1. The Balaban J connectivity index is 1.71. The molecule has 144 valence electrons. The fourth-order valence-corrected chi connectivity index (χ4v) is 3.17. The summed E-state index contributed by atoms with van der Waals surface area (Å²) in [4.78, 5) is 16.3. The zero-order valence-electron chi connectivity index (χ0n) is 15.0. The third-order valence-electron chi connectivity index (χ3n) is 4.66.